The summed E-state index contributed by atoms with van der Waals surface area (Å²) in [7, 11) is 0. The molecule has 0 aliphatic heterocycles. The highest BCUT2D eigenvalue weighted by Gasteiger charge is 2.28. The molecule has 0 aromatic heterocycles. The van der Waals surface area contributed by atoms with Crippen molar-refractivity contribution < 1.29 is 12.9 Å². The van der Waals surface area contributed by atoms with Crippen molar-refractivity contribution in [2.24, 2.45) is 0 Å². The fourth-order valence-electron chi connectivity index (χ4n) is 1.26. The summed E-state index contributed by atoms with van der Waals surface area (Å²) in [5.41, 5.74) is 0.447. The molecule has 0 unspecified atom stereocenters. The molecule has 0 aliphatic carbocycles. The second-order valence-electron chi connectivity index (χ2n) is 3.01. The van der Waals surface area contributed by atoms with Gasteiger partial charge in [0.15, 0.2) is 0 Å². The minimum Gasteiger partial charge on any atom is -0.445 e. The van der Waals surface area contributed by atoms with Gasteiger partial charge in [0.2, 0.25) is 0 Å². The van der Waals surface area contributed by atoms with E-state index >= 15 is 0 Å². The zero-order chi connectivity index (χ0) is 10.9. The normalized spacial score (nSPS) is 11.9. The van der Waals surface area contributed by atoms with E-state index in [1.54, 1.807) is 6.07 Å². The van der Waals surface area contributed by atoms with Gasteiger partial charge in [0.25, 0.3) is 0 Å². The zero-order valence-corrected chi connectivity index (χ0v) is 10.5. The van der Waals surface area contributed by atoms with Crippen LogP contribution in [0.2, 0.25) is 0 Å². The van der Waals surface area contributed by atoms with Gasteiger partial charge < -0.3 is 12.9 Å². The second kappa shape index (κ2) is 4.34. The van der Waals surface area contributed by atoms with Gasteiger partial charge in [-0.3, -0.25) is 0 Å². The van der Waals surface area contributed by atoms with Gasteiger partial charge in [-0.15, -0.1) is 5.46 Å². The van der Waals surface area contributed by atoms with Crippen LogP contribution in [0.3, 0.4) is 0 Å². The van der Waals surface area contributed by atoms with Crippen LogP contribution in [0.4, 0.5) is 12.9 Å². The van der Waals surface area contributed by atoms with Crippen LogP contribution in [0.25, 0.3) is 0 Å². The molecule has 0 nitrogen and oxygen atoms in total. The molecule has 1 aromatic carbocycles. The van der Waals surface area contributed by atoms with Crippen LogP contribution in [0.1, 0.15) is 11.1 Å². The molecule has 0 N–H and O–H groups in total. The lowest BCUT2D eigenvalue weighted by molar-refractivity contribution is 0.500. The Morgan fingerprint density at radius 3 is 2.36 bits per heavy atom. The van der Waals surface area contributed by atoms with Crippen LogP contribution in [0, 0.1) is 10.5 Å². The Morgan fingerprint density at radius 2 is 1.93 bits per heavy atom. The highest BCUT2D eigenvalue weighted by Crippen LogP contribution is 2.19. The Morgan fingerprint density at radius 1 is 1.36 bits per heavy atom. The minimum absolute atomic E-state index is 0.299. The van der Waals surface area contributed by atoms with Gasteiger partial charge in [-0.25, -0.2) is 0 Å². The van der Waals surface area contributed by atoms with Crippen molar-refractivity contribution >= 4 is 47.7 Å². The van der Waals surface area contributed by atoms with Gasteiger partial charge in [-0.1, -0.05) is 11.6 Å². The number of hydrogen-bond acceptors (Lipinski definition) is 1. The van der Waals surface area contributed by atoms with Crippen molar-refractivity contribution in [1.82, 2.24) is 0 Å². The highest BCUT2D eigenvalue weighted by atomic mass is 127. The van der Waals surface area contributed by atoms with E-state index in [4.69, 9.17) is 0 Å². The largest absolute Gasteiger partial charge is 0.509 e. The summed E-state index contributed by atoms with van der Waals surface area (Å²) in [5.74, 6) is 0.335. The third-order valence-electron chi connectivity index (χ3n) is 2.04. The second-order valence-corrected chi connectivity index (χ2v) is 4.57. The first kappa shape index (κ1) is 12.2. The van der Waals surface area contributed by atoms with Crippen LogP contribution < -0.4 is 5.46 Å². The lowest BCUT2D eigenvalue weighted by atomic mass is 9.76. The zero-order valence-electron chi connectivity index (χ0n) is 7.40. The number of hydrogen-bond donors (Lipinski definition) is 1. The number of thiol groups is 1. The van der Waals surface area contributed by atoms with Gasteiger partial charge >= 0.3 is 6.98 Å². The molecular formula is C8H8BF3IS-. The first-order chi connectivity index (χ1) is 6.36. The Hall–Kier alpha value is 0.155. The highest BCUT2D eigenvalue weighted by molar-refractivity contribution is 14.1. The Kier molecular flexibility index (Phi) is 3.79. The molecule has 6 heteroatoms. The number of halogens is 4. The average molecular weight is 331 g/mol. The molecule has 14 heavy (non-hydrogen) atoms. The van der Waals surface area contributed by atoms with Gasteiger partial charge in [0.05, 0.1) is 0 Å². The van der Waals surface area contributed by atoms with Crippen molar-refractivity contribution in [3.05, 3.63) is 26.8 Å². The predicted octanol–water partition coefficient (Wildman–Crippen LogP) is 3.08. The fraction of sp³-hybridized carbons (Fsp3) is 0.250. The molecule has 0 radical (unpaired) electrons. The Bertz CT molecular complexity index is 351. The maximum absolute atomic E-state index is 12.6. The average Bonchev–Trinajstić information content (AvgIpc) is 2.06. The monoisotopic (exact) mass is 331 g/mol. The predicted molar refractivity (Wildman–Crippen MR) is 65.3 cm³/mol. The van der Waals surface area contributed by atoms with Crippen LogP contribution in [-0.2, 0) is 5.75 Å². The summed E-state index contributed by atoms with van der Waals surface area (Å²) < 4.78 is 38.3. The van der Waals surface area contributed by atoms with Gasteiger partial charge in [-0.2, -0.15) is 12.6 Å². The maximum atomic E-state index is 12.6. The van der Waals surface area contributed by atoms with Gasteiger partial charge in [-0.05, 0) is 41.1 Å². The SMILES string of the molecule is Cc1c(CS)cc(I)cc1[B-](F)(F)F. The summed E-state index contributed by atoms with van der Waals surface area (Å²) >= 11 is 5.89. The smallest absolute Gasteiger partial charge is 0.445 e. The number of benzene rings is 1. The molecule has 0 amide bonds. The topological polar surface area (TPSA) is 0 Å². The molecule has 0 saturated carbocycles. The Labute approximate surface area is 99.9 Å². The van der Waals surface area contributed by atoms with E-state index in [2.05, 4.69) is 12.6 Å². The summed E-state index contributed by atoms with van der Waals surface area (Å²) in [6.45, 7) is -3.42. The van der Waals surface area contributed by atoms with Crippen molar-refractivity contribution in [2.75, 3.05) is 0 Å². The summed E-state index contributed by atoms with van der Waals surface area (Å²) in [6, 6.07) is 2.91. The quantitative estimate of drug-likeness (QED) is 0.481. The molecule has 0 bridgehead atoms. The third-order valence-corrected chi connectivity index (χ3v) is 3.01. The summed E-state index contributed by atoms with van der Waals surface area (Å²) in [5, 5.41) is 0. The summed E-state index contributed by atoms with van der Waals surface area (Å²) in [6.07, 6.45) is 0. The number of rotatable bonds is 2. The standard InChI is InChI=1S/C8H8BF3IS/c1-5-6(4-14)2-7(13)3-8(5)9(10,11)12/h2-3,14H,4H2,1H3/q-1. The van der Waals surface area contributed by atoms with Crippen molar-refractivity contribution in [1.29, 1.82) is 0 Å². The minimum atomic E-state index is -4.91. The first-order valence-corrected chi connectivity index (χ1v) is 5.67. The van der Waals surface area contributed by atoms with Gasteiger partial charge in [0.1, 0.15) is 0 Å². The molecule has 0 saturated heterocycles. The fourth-order valence-corrected chi connectivity index (χ4v) is 2.30. The van der Waals surface area contributed by atoms with Gasteiger partial charge in [0, 0.05) is 9.32 Å². The molecule has 1 rings (SSSR count). The molecule has 0 spiro atoms. The maximum Gasteiger partial charge on any atom is 0.509 e. The third kappa shape index (κ3) is 2.59. The molecule has 0 heterocycles. The van der Waals surface area contributed by atoms with E-state index in [0.29, 0.717) is 20.4 Å². The van der Waals surface area contributed by atoms with E-state index < -0.39 is 12.4 Å². The van der Waals surface area contributed by atoms with E-state index in [1.165, 1.54) is 13.0 Å². The van der Waals surface area contributed by atoms with E-state index in [1.807, 2.05) is 22.6 Å². The molecule has 0 atom stereocenters. The van der Waals surface area contributed by atoms with Crippen molar-refractivity contribution in [3.8, 4) is 0 Å². The van der Waals surface area contributed by atoms with Crippen LogP contribution >= 0.6 is 35.2 Å². The van der Waals surface area contributed by atoms with E-state index in [-0.39, 0.29) is 0 Å². The lowest BCUT2D eigenvalue weighted by Crippen LogP contribution is -2.37. The van der Waals surface area contributed by atoms with E-state index in [0.717, 1.165) is 0 Å². The van der Waals surface area contributed by atoms with Crippen LogP contribution in [0.5, 0.6) is 0 Å². The molecular weight excluding hydrogens is 323 g/mol. The van der Waals surface area contributed by atoms with E-state index in [9.17, 15) is 12.9 Å². The molecule has 0 fully saturated rings. The molecule has 0 aliphatic rings. The van der Waals surface area contributed by atoms with Crippen LogP contribution in [0.15, 0.2) is 12.1 Å². The van der Waals surface area contributed by atoms with Crippen LogP contribution in [-0.4, -0.2) is 6.98 Å². The molecule has 1 aromatic rings. The lowest BCUT2D eigenvalue weighted by Gasteiger charge is -2.20. The molecule has 78 valence electrons. The van der Waals surface area contributed by atoms with Crippen molar-refractivity contribution in [2.45, 2.75) is 12.7 Å². The first-order valence-electron chi connectivity index (χ1n) is 3.96. The Balaban J connectivity index is 3.37. The summed E-state index contributed by atoms with van der Waals surface area (Å²) in [4.78, 5) is 0. The van der Waals surface area contributed by atoms with Crippen molar-refractivity contribution in [3.63, 3.8) is 0 Å².